The number of aliphatic hydroxyl groups is 1. The standard InChI is InChI=1S/C30H32F3N3O3/c1-16-10-17(11-24(34)29(16)39-2)20-6-9-35-15-18(20)12-26(37)25-5-4-21(31)28(36-25)27-22(32)13-19(14-23(27)33)30(38)7-3-8-30/h4-6,9,13-17,24,29,38H,3,7-8,10-12,34H2,1-2H3/t16-,17+,24+,29-/m0/s1. The number of nitrogens with two attached hydrogens (primary N) is 1. The summed E-state index contributed by atoms with van der Waals surface area (Å²) in [6.07, 6.45) is 6.27. The molecule has 3 N–H and O–H groups in total. The highest BCUT2D eigenvalue weighted by molar-refractivity contribution is 5.96. The fraction of sp³-hybridized carbons (Fsp3) is 0.433. The minimum absolute atomic E-state index is 0.0403. The number of rotatable bonds is 7. The molecule has 1 aromatic carbocycles. The van der Waals surface area contributed by atoms with Crippen molar-refractivity contribution in [1.29, 1.82) is 0 Å². The van der Waals surface area contributed by atoms with Crippen LogP contribution >= 0.6 is 0 Å². The Balaban J connectivity index is 1.42. The van der Waals surface area contributed by atoms with Gasteiger partial charge in [0, 0.05) is 32.0 Å². The van der Waals surface area contributed by atoms with E-state index < -0.39 is 40.1 Å². The molecule has 0 unspecified atom stereocenters. The Hall–Kier alpha value is -3.14. The average molecular weight is 540 g/mol. The van der Waals surface area contributed by atoms with Crippen LogP contribution in [0.25, 0.3) is 11.3 Å². The maximum atomic E-state index is 15.1. The molecule has 0 spiro atoms. The van der Waals surface area contributed by atoms with Crippen LogP contribution in [0.5, 0.6) is 0 Å². The van der Waals surface area contributed by atoms with Crippen molar-refractivity contribution >= 4 is 5.78 Å². The molecule has 39 heavy (non-hydrogen) atoms. The zero-order chi connectivity index (χ0) is 27.9. The number of nitrogens with zero attached hydrogens (tertiary/aromatic N) is 2. The van der Waals surface area contributed by atoms with E-state index in [1.54, 1.807) is 19.5 Å². The molecule has 0 bridgehead atoms. The zero-order valence-electron chi connectivity index (χ0n) is 22.0. The third-order valence-corrected chi connectivity index (χ3v) is 8.33. The van der Waals surface area contributed by atoms with Crippen LogP contribution < -0.4 is 5.73 Å². The molecular formula is C30H32F3N3O3. The van der Waals surface area contributed by atoms with E-state index in [-0.39, 0.29) is 41.7 Å². The Morgan fingerprint density at radius 1 is 1.13 bits per heavy atom. The first-order chi connectivity index (χ1) is 18.6. The van der Waals surface area contributed by atoms with Gasteiger partial charge < -0.3 is 15.6 Å². The predicted octanol–water partition coefficient (Wildman–Crippen LogP) is 5.21. The molecule has 2 aliphatic carbocycles. The number of Topliss-reactive ketones (excluding diaryl/α,β-unsaturated/α-hetero) is 1. The van der Waals surface area contributed by atoms with Crippen LogP contribution in [-0.2, 0) is 16.8 Å². The van der Waals surface area contributed by atoms with Crippen molar-refractivity contribution in [3.8, 4) is 11.3 Å². The summed E-state index contributed by atoms with van der Waals surface area (Å²) in [5.74, 6) is -3.16. The molecule has 2 aromatic heterocycles. The van der Waals surface area contributed by atoms with Gasteiger partial charge in [0.25, 0.3) is 0 Å². The number of benzene rings is 1. The Morgan fingerprint density at radius 2 is 1.85 bits per heavy atom. The molecule has 4 atom stereocenters. The van der Waals surface area contributed by atoms with Gasteiger partial charge in [-0.25, -0.2) is 18.2 Å². The Bertz CT molecular complexity index is 1360. The Kier molecular flexibility index (Phi) is 7.59. The normalized spacial score (nSPS) is 24.3. The van der Waals surface area contributed by atoms with Gasteiger partial charge in [0.05, 0.1) is 17.3 Å². The highest BCUT2D eigenvalue weighted by Gasteiger charge is 2.38. The van der Waals surface area contributed by atoms with Gasteiger partial charge in [-0.05, 0) is 91.0 Å². The molecule has 2 fully saturated rings. The highest BCUT2D eigenvalue weighted by Crippen LogP contribution is 2.43. The van der Waals surface area contributed by atoms with Crippen molar-refractivity contribution in [2.24, 2.45) is 11.7 Å². The molecular weight excluding hydrogens is 507 g/mol. The maximum absolute atomic E-state index is 15.1. The SMILES string of the molecule is CO[C@@H]1[C@H](N)C[C@H](c2ccncc2CC(=O)c2ccc(F)c(-c3c(F)cc(C4(O)CCC4)cc3F)n2)C[C@@H]1C. The third-order valence-electron chi connectivity index (χ3n) is 8.33. The van der Waals surface area contributed by atoms with E-state index in [1.807, 2.05) is 6.07 Å². The topological polar surface area (TPSA) is 98.3 Å². The van der Waals surface area contributed by atoms with Crippen molar-refractivity contribution in [3.05, 3.63) is 82.6 Å². The summed E-state index contributed by atoms with van der Waals surface area (Å²) >= 11 is 0. The first-order valence-electron chi connectivity index (χ1n) is 13.2. The quantitative estimate of drug-likeness (QED) is 0.400. The fourth-order valence-corrected chi connectivity index (χ4v) is 6.11. The lowest BCUT2D eigenvalue weighted by atomic mass is 9.73. The number of ketones is 1. The van der Waals surface area contributed by atoms with Gasteiger partial charge >= 0.3 is 0 Å². The predicted molar refractivity (Wildman–Crippen MR) is 139 cm³/mol. The second-order valence-corrected chi connectivity index (χ2v) is 10.9. The smallest absolute Gasteiger partial charge is 0.185 e. The van der Waals surface area contributed by atoms with Gasteiger partial charge in [-0.1, -0.05) is 6.92 Å². The van der Waals surface area contributed by atoms with Crippen LogP contribution in [0.1, 0.15) is 72.1 Å². The minimum atomic E-state index is -1.28. The van der Waals surface area contributed by atoms with Crippen molar-refractivity contribution in [2.75, 3.05) is 7.11 Å². The zero-order valence-corrected chi connectivity index (χ0v) is 22.0. The number of ether oxygens (including phenoxy) is 1. The van der Waals surface area contributed by atoms with Gasteiger partial charge in [0.1, 0.15) is 28.8 Å². The van der Waals surface area contributed by atoms with Crippen molar-refractivity contribution < 1.29 is 27.8 Å². The van der Waals surface area contributed by atoms with Crippen molar-refractivity contribution in [1.82, 2.24) is 9.97 Å². The Labute approximate surface area is 225 Å². The van der Waals surface area contributed by atoms with Gasteiger partial charge in [-0.3, -0.25) is 9.78 Å². The van der Waals surface area contributed by atoms with E-state index in [1.165, 1.54) is 6.07 Å². The summed E-state index contributed by atoms with van der Waals surface area (Å²) in [7, 11) is 1.66. The number of carbonyl (C=O) groups is 1. The first kappa shape index (κ1) is 27.4. The number of halogens is 3. The molecule has 0 amide bonds. The lowest BCUT2D eigenvalue weighted by Crippen LogP contribution is -2.45. The number of hydrogen-bond acceptors (Lipinski definition) is 6. The van der Waals surface area contributed by atoms with E-state index in [4.69, 9.17) is 10.5 Å². The minimum Gasteiger partial charge on any atom is -0.385 e. The number of pyridine rings is 2. The lowest BCUT2D eigenvalue weighted by molar-refractivity contribution is -0.0392. The van der Waals surface area contributed by atoms with Crippen LogP contribution in [-0.4, -0.2) is 40.1 Å². The third kappa shape index (κ3) is 5.23. The first-order valence-corrected chi connectivity index (χ1v) is 13.2. The molecule has 0 aliphatic heterocycles. The van der Waals surface area contributed by atoms with Crippen LogP contribution in [0.2, 0.25) is 0 Å². The molecule has 6 nitrogen and oxygen atoms in total. The molecule has 0 radical (unpaired) electrons. The van der Waals surface area contributed by atoms with Gasteiger partial charge in [0.2, 0.25) is 0 Å². The van der Waals surface area contributed by atoms with Crippen LogP contribution in [0.4, 0.5) is 13.2 Å². The summed E-state index contributed by atoms with van der Waals surface area (Å²) in [4.78, 5) is 21.5. The van der Waals surface area contributed by atoms with E-state index in [9.17, 15) is 14.3 Å². The molecule has 5 rings (SSSR count). The average Bonchev–Trinajstić information content (AvgIpc) is 2.88. The van der Waals surface area contributed by atoms with E-state index >= 15 is 8.78 Å². The summed E-state index contributed by atoms with van der Waals surface area (Å²) in [5, 5.41) is 10.5. The number of aromatic nitrogens is 2. The van der Waals surface area contributed by atoms with Crippen molar-refractivity contribution in [2.45, 2.75) is 69.1 Å². The molecule has 9 heteroatoms. The number of methoxy groups -OCH3 is 1. The van der Waals surface area contributed by atoms with Crippen LogP contribution in [0.15, 0.2) is 42.7 Å². The highest BCUT2D eigenvalue weighted by atomic mass is 19.1. The van der Waals surface area contributed by atoms with Gasteiger partial charge in [-0.15, -0.1) is 0 Å². The van der Waals surface area contributed by atoms with Crippen molar-refractivity contribution in [3.63, 3.8) is 0 Å². The van der Waals surface area contributed by atoms with E-state index in [0.717, 1.165) is 36.6 Å². The maximum Gasteiger partial charge on any atom is 0.185 e. The van der Waals surface area contributed by atoms with Crippen LogP contribution in [0.3, 0.4) is 0 Å². The molecule has 3 aromatic rings. The second-order valence-electron chi connectivity index (χ2n) is 10.9. The molecule has 206 valence electrons. The fourth-order valence-electron chi connectivity index (χ4n) is 6.11. The number of carbonyl (C=O) groups excluding carboxylic acids is 1. The largest absolute Gasteiger partial charge is 0.385 e. The van der Waals surface area contributed by atoms with E-state index in [2.05, 4.69) is 16.9 Å². The number of hydrogen-bond donors (Lipinski definition) is 2. The molecule has 0 saturated heterocycles. The summed E-state index contributed by atoms with van der Waals surface area (Å²) in [6.45, 7) is 2.09. The molecule has 2 heterocycles. The second kappa shape index (κ2) is 10.8. The lowest BCUT2D eigenvalue weighted by Gasteiger charge is -2.38. The summed E-state index contributed by atoms with van der Waals surface area (Å²) in [5.41, 5.74) is 5.48. The Morgan fingerprint density at radius 3 is 2.46 bits per heavy atom. The van der Waals surface area contributed by atoms with Gasteiger partial charge in [-0.2, -0.15) is 0 Å². The van der Waals surface area contributed by atoms with Gasteiger partial charge in [0.15, 0.2) is 5.78 Å². The monoisotopic (exact) mass is 539 g/mol. The summed E-state index contributed by atoms with van der Waals surface area (Å²) < 4.78 is 50.4. The molecule has 2 saturated carbocycles. The molecule has 2 aliphatic rings. The summed E-state index contributed by atoms with van der Waals surface area (Å²) in [6, 6.07) is 5.95. The van der Waals surface area contributed by atoms with Crippen LogP contribution in [0, 0.1) is 23.4 Å². The van der Waals surface area contributed by atoms with E-state index in [0.29, 0.717) is 24.8 Å².